The van der Waals surface area contributed by atoms with Crippen LogP contribution in [0.5, 0.6) is 5.75 Å². The van der Waals surface area contributed by atoms with Crippen LogP contribution in [0, 0.1) is 0 Å². The van der Waals surface area contributed by atoms with E-state index in [4.69, 9.17) is 0 Å². The van der Waals surface area contributed by atoms with Crippen molar-refractivity contribution in [3.8, 4) is 5.75 Å². The van der Waals surface area contributed by atoms with Gasteiger partial charge in [0.2, 0.25) is 0 Å². The number of alkyl halides is 3. The highest BCUT2D eigenvalue weighted by Gasteiger charge is 2.36. The lowest BCUT2D eigenvalue weighted by atomic mass is 9.91. The molecule has 0 spiro atoms. The van der Waals surface area contributed by atoms with Crippen LogP contribution in [0.3, 0.4) is 0 Å². The zero-order valence-corrected chi connectivity index (χ0v) is 15.0. The smallest absolute Gasteiger partial charge is 0.404 e. The van der Waals surface area contributed by atoms with E-state index >= 15 is 0 Å². The first-order valence-electron chi connectivity index (χ1n) is 9.10. The average Bonchev–Trinajstić information content (AvgIpc) is 3.08. The summed E-state index contributed by atoms with van der Waals surface area (Å²) in [6.07, 6.45) is -1.67. The summed E-state index contributed by atoms with van der Waals surface area (Å²) in [5.41, 5.74) is -0.865. The van der Waals surface area contributed by atoms with Gasteiger partial charge in [-0.3, -0.25) is 0 Å². The fraction of sp³-hybridized carbons (Fsp3) is 0.611. The first-order valence-corrected chi connectivity index (χ1v) is 9.10. The minimum absolute atomic E-state index is 0.0438. The second kappa shape index (κ2) is 7.93. The van der Waals surface area contributed by atoms with Gasteiger partial charge in [0.1, 0.15) is 0 Å². The van der Waals surface area contributed by atoms with Crippen LogP contribution < -0.4 is 10.1 Å². The monoisotopic (exact) mass is 387 g/mol. The summed E-state index contributed by atoms with van der Waals surface area (Å²) in [5.74, 6) is -0.458. The number of hydrogen-bond acceptors (Lipinski definition) is 4. The van der Waals surface area contributed by atoms with Gasteiger partial charge in [0, 0.05) is 19.6 Å². The van der Waals surface area contributed by atoms with Gasteiger partial charge in [-0.2, -0.15) is 0 Å². The van der Waals surface area contributed by atoms with E-state index in [1.54, 1.807) is 0 Å². The molecule has 150 valence electrons. The lowest BCUT2D eigenvalue weighted by Gasteiger charge is -2.40. The van der Waals surface area contributed by atoms with Gasteiger partial charge in [-0.25, -0.2) is 4.79 Å². The second-order valence-electron chi connectivity index (χ2n) is 7.17. The summed E-state index contributed by atoms with van der Waals surface area (Å²) in [5, 5.41) is 13.2. The fourth-order valence-electron chi connectivity index (χ4n) is 3.62. The Balaban J connectivity index is 1.55. The maximum atomic E-state index is 12.5. The normalized spacial score (nSPS) is 20.5. The molecular weight excluding hydrogens is 363 g/mol. The zero-order valence-electron chi connectivity index (χ0n) is 15.0. The number of para-hydroxylation sites is 2. The molecule has 2 aliphatic heterocycles. The van der Waals surface area contributed by atoms with Crippen LogP contribution in [-0.4, -0.2) is 65.6 Å². The van der Waals surface area contributed by atoms with Gasteiger partial charge in [0.15, 0.2) is 5.75 Å². The highest BCUT2D eigenvalue weighted by atomic mass is 19.4. The Kier molecular flexibility index (Phi) is 5.81. The Morgan fingerprint density at radius 3 is 2.41 bits per heavy atom. The van der Waals surface area contributed by atoms with Crippen molar-refractivity contribution in [3.63, 3.8) is 0 Å². The minimum Gasteiger partial charge on any atom is -0.404 e. The molecule has 9 heteroatoms. The van der Waals surface area contributed by atoms with Crippen molar-refractivity contribution in [1.82, 2.24) is 9.80 Å². The number of amides is 2. The summed E-state index contributed by atoms with van der Waals surface area (Å²) < 4.78 is 41.4. The van der Waals surface area contributed by atoms with Gasteiger partial charge in [-0.15, -0.1) is 13.2 Å². The average molecular weight is 387 g/mol. The third-order valence-corrected chi connectivity index (χ3v) is 5.05. The molecule has 27 heavy (non-hydrogen) atoms. The van der Waals surface area contributed by atoms with Crippen LogP contribution in [0.15, 0.2) is 24.3 Å². The molecule has 0 bridgehead atoms. The summed E-state index contributed by atoms with van der Waals surface area (Å²) in [6, 6.07) is 4.91. The van der Waals surface area contributed by atoms with Crippen LogP contribution in [0.25, 0.3) is 0 Å². The van der Waals surface area contributed by atoms with E-state index in [0.29, 0.717) is 32.5 Å². The van der Waals surface area contributed by atoms with Crippen molar-refractivity contribution in [2.24, 2.45) is 0 Å². The Morgan fingerprint density at radius 1 is 1.15 bits per heavy atom. The van der Waals surface area contributed by atoms with E-state index in [1.807, 2.05) is 0 Å². The Morgan fingerprint density at radius 2 is 1.78 bits per heavy atom. The maximum Gasteiger partial charge on any atom is 0.573 e. The zero-order chi connectivity index (χ0) is 19.5. The number of β-amino-alcohol motifs (C(OH)–C–C–N with tert-alkyl or cyclic N) is 1. The topological polar surface area (TPSA) is 65.0 Å². The quantitative estimate of drug-likeness (QED) is 0.834. The van der Waals surface area contributed by atoms with Crippen molar-refractivity contribution in [3.05, 3.63) is 24.3 Å². The molecule has 0 saturated carbocycles. The number of nitrogens with zero attached hydrogens (tertiary/aromatic N) is 2. The number of likely N-dealkylation sites (tertiary alicyclic amines) is 2. The van der Waals surface area contributed by atoms with Gasteiger partial charge >= 0.3 is 12.4 Å². The summed E-state index contributed by atoms with van der Waals surface area (Å²) in [4.78, 5) is 16.2. The highest BCUT2D eigenvalue weighted by Crippen LogP contribution is 2.31. The van der Waals surface area contributed by atoms with Crippen molar-refractivity contribution in [2.75, 3.05) is 38.0 Å². The number of hydrogen-bond donors (Lipinski definition) is 2. The predicted octanol–water partition coefficient (Wildman–Crippen LogP) is 3.04. The van der Waals surface area contributed by atoms with Crippen LogP contribution in [0.2, 0.25) is 0 Å². The van der Waals surface area contributed by atoms with E-state index in [9.17, 15) is 23.1 Å². The Bertz CT molecular complexity index is 655. The number of halogens is 3. The first kappa shape index (κ1) is 19.8. The van der Waals surface area contributed by atoms with Crippen LogP contribution >= 0.6 is 0 Å². The largest absolute Gasteiger partial charge is 0.573 e. The summed E-state index contributed by atoms with van der Waals surface area (Å²) in [7, 11) is 0. The third-order valence-electron chi connectivity index (χ3n) is 5.05. The summed E-state index contributed by atoms with van der Waals surface area (Å²) >= 11 is 0. The SMILES string of the molecule is O=C(Nc1ccccc1OC(F)(F)F)N1CCC(O)(CN2CCCC2)CC1. The number of aliphatic hydroxyl groups is 1. The number of benzene rings is 1. The third kappa shape index (κ3) is 5.49. The first-order chi connectivity index (χ1) is 12.7. The molecule has 0 aliphatic carbocycles. The van der Waals surface area contributed by atoms with Crippen molar-refractivity contribution >= 4 is 11.7 Å². The van der Waals surface area contributed by atoms with Crippen LogP contribution in [0.1, 0.15) is 25.7 Å². The number of urea groups is 1. The molecule has 0 radical (unpaired) electrons. The van der Waals surface area contributed by atoms with Gasteiger partial charge in [0.05, 0.1) is 11.3 Å². The molecule has 2 aliphatic rings. The molecule has 2 heterocycles. The fourth-order valence-corrected chi connectivity index (χ4v) is 3.62. The molecule has 3 rings (SSSR count). The molecule has 1 aromatic carbocycles. The molecular formula is C18H24F3N3O3. The van der Waals surface area contributed by atoms with Gasteiger partial charge < -0.3 is 25.0 Å². The second-order valence-corrected chi connectivity index (χ2v) is 7.17. The van der Waals surface area contributed by atoms with E-state index in [0.717, 1.165) is 32.0 Å². The molecule has 2 amide bonds. The Labute approximate surface area is 155 Å². The lowest BCUT2D eigenvalue weighted by Crippen LogP contribution is -2.52. The van der Waals surface area contributed by atoms with Gasteiger partial charge in [0.25, 0.3) is 0 Å². The molecule has 2 N–H and O–H groups in total. The summed E-state index contributed by atoms with van der Waals surface area (Å²) in [6.45, 7) is 3.27. The molecule has 2 fully saturated rings. The van der Waals surface area contributed by atoms with Crippen LogP contribution in [0.4, 0.5) is 23.7 Å². The molecule has 0 atom stereocenters. The van der Waals surface area contributed by atoms with E-state index in [-0.39, 0.29) is 5.69 Å². The molecule has 1 aromatic rings. The lowest BCUT2D eigenvalue weighted by molar-refractivity contribution is -0.274. The van der Waals surface area contributed by atoms with Crippen molar-refractivity contribution in [1.29, 1.82) is 0 Å². The van der Waals surface area contributed by atoms with E-state index in [1.165, 1.54) is 23.1 Å². The standard InChI is InChI=1S/C18H24F3N3O3/c19-18(20,21)27-15-6-2-1-5-14(15)22-16(25)24-11-7-17(26,8-12-24)13-23-9-3-4-10-23/h1-2,5-6,26H,3-4,7-13H2,(H,22,25). The Hall–Kier alpha value is -2.00. The number of nitrogens with one attached hydrogen (secondary N) is 1. The number of carbonyl (C=O) groups is 1. The molecule has 6 nitrogen and oxygen atoms in total. The van der Waals surface area contributed by atoms with E-state index < -0.39 is 23.7 Å². The van der Waals surface area contributed by atoms with Gasteiger partial charge in [-0.1, -0.05) is 12.1 Å². The predicted molar refractivity (Wildman–Crippen MR) is 93.6 cm³/mol. The maximum absolute atomic E-state index is 12.5. The van der Waals surface area contributed by atoms with E-state index in [2.05, 4.69) is 15.0 Å². The molecule has 0 unspecified atom stereocenters. The number of carbonyl (C=O) groups excluding carboxylic acids is 1. The van der Waals surface area contributed by atoms with Gasteiger partial charge in [-0.05, 0) is 50.9 Å². The molecule has 2 saturated heterocycles. The molecule has 0 aromatic heterocycles. The van der Waals surface area contributed by atoms with Crippen LogP contribution in [-0.2, 0) is 0 Å². The minimum atomic E-state index is -4.84. The number of piperidine rings is 1. The van der Waals surface area contributed by atoms with Crippen molar-refractivity contribution < 1.29 is 27.8 Å². The highest BCUT2D eigenvalue weighted by molar-refractivity contribution is 5.91. The number of ether oxygens (including phenoxy) is 1. The van der Waals surface area contributed by atoms with Crippen molar-refractivity contribution in [2.45, 2.75) is 37.6 Å². The number of anilines is 1. The number of rotatable bonds is 4.